The smallest absolute Gasteiger partial charge is 0.342 e. The maximum atomic E-state index is 11.7. The van der Waals surface area contributed by atoms with Crippen LogP contribution in [0.3, 0.4) is 0 Å². The molecule has 0 radical (unpaired) electrons. The van der Waals surface area contributed by atoms with E-state index in [0.717, 1.165) is 0 Å². The zero-order chi connectivity index (χ0) is 12.5. The highest BCUT2D eigenvalue weighted by atomic mass is 79.9. The first-order valence-corrected chi connectivity index (χ1v) is 5.72. The molecule has 88 valence electrons. The van der Waals surface area contributed by atoms with E-state index in [1.807, 2.05) is 0 Å². The van der Waals surface area contributed by atoms with Crippen molar-refractivity contribution in [3.05, 3.63) is 21.3 Å². The number of hydrogen-bond acceptors (Lipinski definition) is 4. The Morgan fingerprint density at radius 3 is 2.62 bits per heavy atom. The fraction of sp³-hybridized carbons (Fsp3) is 0.400. The van der Waals surface area contributed by atoms with Gasteiger partial charge in [0.15, 0.2) is 0 Å². The predicted molar refractivity (Wildman–Crippen MR) is 66.5 cm³/mol. The summed E-state index contributed by atoms with van der Waals surface area (Å²) in [7, 11) is 0. The van der Waals surface area contributed by atoms with Crippen LogP contribution in [0.4, 0.5) is 5.82 Å². The first kappa shape index (κ1) is 13.3. The molecule has 0 saturated heterocycles. The summed E-state index contributed by atoms with van der Waals surface area (Å²) in [4.78, 5) is 15.6. The lowest BCUT2D eigenvalue weighted by molar-refractivity contribution is 0.00704. The van der Waals surface area contributed by atoms with Crippen molar-refractivity contribution in [3.63, 3.8) is 0 Å². The number of esters is 1. The summed E-state index contributed by atoms with van der Waals surface area (Å²) in [5, 5.41) is 0.213. The molecule has 4 nitrogen and oxygen atoms in total. The summed E-state index contributed by atoms with van der Waals surface area (Å²) in [6, 6.07) is 1.50. The minimum Gasteiger partial charge on any atom is -0.456 e. The van der Waals surface area contributed by atoms with E-state index in [9.17, 15) is 4.79 Å². The number of rotatable bonds is 1. The second kappa shape index (κ2) is 4.59. The molecular weight excluding hydrogens is 295 g/mol. The normalized spacial score (nSPS) is 11.3. The number of carbonyl (C=O) groups is 1. The number of nitrogen functional groups attached to an aromatic ring is 1. The monoisotopic (exact) mass is 306 g/mol. The third-order valence-electron chi connectivity index (χ3n) is 1.58. The second-order valence-electron chi connectivity index (χ2n) is 4.20. The number of anilines is 1. The fourth-order valence-corrected chi connectivity index (χ4v) is 1.44. The molecule has 2 N–H and O–H groups in total. The van der Waals surface area contributed by atoms with Gasteiger partial charge >= 0.3 is 5.97 Å². The zero-order valence-electron chi connectivity index (χ0n) is 9.17. The van der Waals surface area contributed by atoms with Crippen LogP contribution in [0.1, 0.15) is 31.1 Å². The van der Waals surface area contributed by atoms with Crippen molar-refractivity contribution in [1.29, 1.82) is 0 Å². The highest BCUT2D eigenvalue weighted by molar-refractivity contribution is 9.10. The van der Waals surface area contributed by atoms with E-state index in [1.54, 1.807) is 20.8 Å². The first-order chi connectivity index (χ1) is 7.20. The standard InChI is InChI=1S/C10H12BrClN2O2/c1-10(2,3)16-9(15)5-4-6(11)7(12)14-8(5)13/h4H,1-3H3,(H2,13,14). The summed E-state index contributed by atoms with van der Waals surface area (Å²) >= 11 is 8.90. The van der Waals surface area contributed by atoms with Crippen molar-refractivity contribution >= 4 is 39.3 Å². The van der Waals surface area contributed by atoms with Gasteiger partial charge < -0.3 is 10.5 Å². The maximum absolute atomic E-state index is 11.7. The molecule has 0 saturated carbocycles. The molecule has 6 heteroatoms. The Morgan fingerprint density at radius 2 is 2.12 bits per heavy atom. The number of nitrogens with two attached hydrogens (primary N) is 1. The summed E-state index contributed by atoms with van der Waals surface area (Å²) in [5.74, 6) is -0.461. The molecule has 1 heterocycles. The largest absolute Gasteiger partial charge is 0.456 e. The maximum Gasteiger partial charge on any atom is 0.342 e. The molecule has 16 heavy (non-hydrogen) atoms. The van der Waals surface area contributed by atoms with E-state index in [1.165, 1.54) is 6.07 Å². The van der Waals surface area contributed by atoms with Crippen LogP contribution in [0.2, 0.25) is 5.15 Å². The summed E-state index contributed by atoms with van der Waals surface area (Å²) in [5.41, 5.74) is 5.22. The zero-order valence-corrected chi connectivity index (χ0v) is 11.5. The highest BCUT2D eigenvalue weighted by Gasteiger charge is 2.21. The molecule has 1 aromatic rings. The SMILES string of the molecule is CC(C)(C)OC(=O)c1cc(Br)c(Cl)nc1N. The van der Waals surface area contributed by atoms with Crippen LogP contribution in [0.25, 0.3) is 0 Å². The lowest BCUT2D eigenvalue weighted by Crippen LogP contribution is -2.24. The number of ether oxygens (including phenoxy) is 1. The quantitative estimate of drug-likeness (QED) is 0.640. The Kier molecular flexibility index (Phi) is 3.80. The van der Waals surface area contributed by atoms with Crippen LogP contribution in [0, 0.1) is 0 Å². The number of aromatic nitrogens is 1. The van der Waals surface area contributed by atoms with Gasteiger partial charge in [0.25, 0.3) is 0 Å². The Balaban J connectivity index is 3.05. The van der Waals surface area contributed by atoms with Gasteiger partial charge in [0, 0.05) is 0 Å². The number of hydrogen-bond donors (Lipinski definition) is 1. The van der Waals surface area contributed by atoms with Crippen molar-refractivity contribution in [2.45, 2.75) is 26.4 Å². The third-order valence-corrected chi connectivity index (χ3v) is 2.70. The van der Waals surface area contributed by atoms with Crippen molar-refractivity contribution in [3.8, 4) is 0 Å². The Morgan fingerprint density at radius 1 is 1.56 bits per heavy atom. The van der Waals surface area contributed by atoms with Crippen LogP contribution >= 0.6 is 27.5 Å². The van der Waals surface area contributed by atoms with E-state index >= 15 is 0 Å². The van der Waals surface area contributed by atoms with E-state index in [2.05, 4.69) is 20.9 Å². The summed E-state index contributed by atoms with van der Waals surface area (Å²) in [6.45, 7) is 5.33. The lowest BCUT2D eigenvalue weighted by Gasteiger charge is -2.19. The van der Waals surface area contributed by atoms with Gasteiger partial charge in [-0.2, -0.15) is 0 Å². The molecule has 0 atom stereocenters. The number of halogens is 2. The Labute approximate surface area is 107 Å². The number of pyridine rings is 1. The molecule has 0 unspecified atom stereocenters. The van der Waals surface area contributed by atoms with Crippen molar-refractivity contribution in [1.82, 2.24) is 4.98 Å². The van der Waals surface area contributed by atoms with Gasteiger partial charge in [0.1, 0.15) is 22.1 Å². The van der Waals surface area contributed by atoms with Crippen molar-refractivity contribution < 1.29 is 9.53 Å². The van der Waals surface area contributed by atoms with Crippen LogP contribution in [-0.4, -0.2) is 16.6 Å². The summed E-state index contributed by atoms with van der Waals surface area (Å²) < 4.78 is 5.68. The molecule has 0 aliphatic heterocycles. The van der Waals surface area contributed by atoms with Crippen LogP contribution in [-0.2, 0) is 4.74 Å². The molecule has 0 aromatic carbocycles. The molecule has 0 aliphatic carbocycles. The first-order valence-electron chi connectivity index (χ1n) is 4.55. The third kappa shape index (κ3) is 3.35. The Hall–Kier alpha value is -0.810. The van der Waals surface area contributed by atoms with Gasteiger partial charge in [0.05, 0.1) is 4.47 Å². The highest BCUT2D eigenvalue weighted by Crippen LogP contribution is 2.25. The molecule has 0 aliphatic rings. The van der Waals surface area contributed by atoms with E-state index in [0.29, 0.717) is 4.47 Å². The van der Waals surface area contributed by atoms with Gasteiger partial charge in [-0.05, 0) is 42.8 Å². The van der Waals surface area contributed by atoms with Crippen molar-refractivity contribution in [2.75, 3.05) is 5.73 Å². The summed E-state index contributed by atoms with van der Waals surface area (Å²) in [6.07, 6.45) is 0. The van der Waals surface area contributed by atoms with Gasteiger partial charge in [-0.1, -0.05) is 11.6 Å². The second-order valence-corrected chi connectivity index (χ2v) is 5.41. The average molecular weight is 308 g/mol. The fourth-order valence-electron chi connectivity index (χ4n) is 0.976. The van der Waals surface area contributed by atoms with Gasteiger partial charge in [-0.15, -0.1) is 0 Å². The van der Waals surface area contributed by atoms with Gasteiger partial charge in [0.2, 0.25) is 0 Å². The predicted octanol–water partition coefficient (Wildman–Crippen LogP) is 3.04. The van der Waals surface area contributed by atoms with Crippen LogP contribution in [0.5, 0.6) is 0 Å². The molecule has 1 aromatic heterocycles. The molecule has 0 amide bonds. The molecule has 1 rings (SSSR count). The molecule has 0 fully saturated rings. The van der Waals surface area contributed by atoms with Gasteiger partial charge in [-0.3, -0.25) is 0 Å². The average Bonchev–Trinajstić information content (AvgIpc) is 2.08. The minimum atomic E-state index is -0.574. The van der Waals surface area contributed by atoms with E-state index in [-0.39, 0.29) is 16.5 Å². The minimum absolute atomic E-state index is 0.0578. The van der Waals surface area contributed by atoms with Crippen LogP contribution in [0.15, 0.2) is 10.5 Å². The lowest BCUT2D eigenvalue weighted by atomic mass is 10.2. The number of carbonyl (C=O) groups excluding carboxylic acids is 1. The molecular formula is C10H12BrClN2O2. The van der Waals surface area contributed by atoms with Gasteiger partial charge in [-0.25, -0.2) is 9.78 Å². The van der Waals surface area contributed by atoms with E-state index < -0.39 is 11.6 Å². The van der Waals surface area contributed by atoms with E-state index in [4.69, 9.17) is 22.1 Å². The topological polar surface area (TPSA) is 65.2 Å². The van der Waals surface area contributed by atoms with Crippen molar-refractivity contribution in [2.24, 2.45) is 0 Å². The molecule has 0 spiro atoms. The van der Waals surface area contributed by atoms with Crippen LogP contribution < -0.4 is 5.73 Å². The molecule has 0 bridgehead atoms. The Bertz CT molecular complexity index is 430. The number of nitrogens with zero attached hydrogens (tertiary/aromatic N) is 1.